The number of nitrogens with one attached hydrogen (secondary N) is 1. The van der Waals surface area contributed by atoms with Crippen molar-refractivity contribution < 1.29 is 4.39 Å². The molecule has 0 atom stereocenters. The molecule has 2 heterocycles. The average molecular weight is 387 g/mol. The first-order valence-electron chi connectivity index (χ1n) is 7.39. The molecule has 0 aliphatic rings. The molecule has 0 amide bonds. The smallest absolute Gasteiger partial charge is 0.168 e. The van der Waals surface area contributed by atoms with E-state index in [4.69, 9.17) is 5.73 Å². The number of hydrogen-bond acceptors (Lipinski definition) is 4. The number of rotatable bonds is 4. The first-order chi connectivity index (χ1) is 11.5. The summed E-state index contributed by atoms with van der Waals surface area (Å²) in [6.07, 6.45) is 5.43. The summed E-state index contributed by atoms with van der Waals surface area (Å²) in [4.78, 5) is 8.02. The van der Waals surface area contributed by atoms with Gasteiger partial charge in [0.1, 0.15) is 0 Å². The number of hydrogen-bond donors (Lipinski definition) is 2. The zero-order chi connectivity index (χ0) is 17.1. The Balaban J connectivity index is 1.88. The zero-order valence-electron chi connectivity index (χ0n) is 13.1. The molecular formula is C18H16BrFN4. The lowest BCUT2D eigenvalue weighted by Crippen LogP contribution is -2.03. The average Bonchev–Trinajstić information content (AvgIpc) is 2.57. The maximum Gasteiger partial charge on any atom is 0.168 e. The van der Waals surface area contributed by atoms with E-state index in [1.54, 1.807) is 18.5 Å². The summed E-state index contributed by atoms with van der Waals surface area (Å²) in [6.45, 7) is 1.99. The van der Waals surface area contributed by atoms with Crippen LogP contribution in [0.25, 0.3) is 0 Å². The summed E-state index contributed by atoms with van der Waals surface area (Å²) < 4.78 is 15.1. The molecule has 3 aromatic rings. The Morgan fingerprint density at radius 2 is 1.88 bits per heavy atom. The molecule has 24 heavy (non-hydrogen) atoms. The molecule has 2 aromatic heterocycles. The van der Waals surface area contributed by atoms with Crippen molar-refractivity contribution in [3.8, 4) is 0 Å². The van der Waals surface area contributed by atoms with Crippen LogP contribution < -0.4 is 11.1 Å². The van der Waals surface area contributed by atoms with E-state index in [-0.39, 0.29) is 5.82 Å². The van der Waals surface area contributed by atoms with Gasteiger partial charge in [0, 0.05) is 29.0 Å². The van der Waals surface area contributed by atoms with Crippen LogP contribution in [-0.2, 0) is 6.42 Å². The quantitative estimate of drug-likeness (QED) is 0.687. The third-order valence-corrected chi connectivity index (χ3v) is 4.35. The number of nitrogens with two attached hydrogens (primary N) is 1. The zero-order valence-corrected chi connectivity index (χ0v) is 14.6. The van der Waals surface area contributed by atoms with E-state index in [1.165, 1.54) is 6.20 Å². The normalized spacial score (nSPS) is 10.6. The predicted octanol–water partition coefficient (Wildman–Crippen LogP) is 4.60. The van der Waals surface area contributed by atoms with Crippen LogP contribution in [0.1, 0.15) is 16.7 Å². The molecule has 122 valence electrons. The van der Waals surface area contributed by atoms with Crippen molar-refractivity contribution >= 4 is 33.1 Å². The van der Waals surface area contributed by atoms with Crippen LogP contribution in [0, 0.1) is 12.7 Å². The van der Waals surface area contributed by atoms with Gasteiger partial charge in [-0.05, 0) is 53.9 Å². The molecule has 3 rings (SSSR count). The van der Waals surface area contributed by atoms with Crippen LogP contribution in [0.3, 0.4) is 0 Å². The predicted molar refractivity (Wildman–Crippen MR) is 97.8 cm³/mol. The van der Waals surface area contributed by atoms with E-state index < -0.39 is 5.82 Å². The SMILES string of the molecule is Cc1c(Cc2ccnc(N)c2F)cncc1Nc1ccc(Br)cc1. The molecule has 0 bridgehead atoms. The fourth-order valence-corrected chi connectivity index (χ4v) is 2.67. The van der Waals surface area contributed by atoms with Gasteiger partial charge in [-0.25, -0.2) is 9.37 Å². The van der Waals surface area contributed by atoms with Gasteiger partial charge in [-0.2, -0.15) is 0 Å². The first kappa shape index (κ1) is 16.4. The van der Waals surface area contributed by atoms with E-state index in [2.05, 4.69) is 31.2 Å². The monoisotopic (exact) mass is 386 g/mol. The van der Waals surface area contributed by atoms with Crippen molar-refractivity contribution in [3.05, 3.63) is 75.9 Å². The molecule has 0 fully saturated rings. The van der Waals surface area contributed by atoms with Crippen LogP contribution in [0.5, 0.6) is 0 Å². The summed E-state index contributed by atoms with van der Waals surface area (Å²) in [7, 11) is 0. The second-order valence-electron chi connectivity index (χ2n) is 5.45. The Morgan fingerprint density at radius 3 is 2.62 bits per heavy atom. The van der Waals surface area contributed by atoms with Crippen molar-refractivity contribution in [1.82, 2.24) is 9.97 Å². The Morgan fingerprint density at radius 1 is 1.12 bits per heavy atom. The van der Waals surface area contributed by atoms with Crippen molar-refractivity contribution in [2.24, 2.45) is 0 Å². The van der Waals surface area contributed by atoms with Crippen LogP contribution in [0.2, 0.25) is 0 Å². The number of nitrogen functional groups attached to an aromatic ring is 1. The molecule has 0 aliphatic carbocycles. The highest BCUT2D eigenvalue weighted by Gasteiger charge is 2.11. The van der Waals surface area contributed by atoms with Crippen molar-refractivity contribution in [2.75, 3.05) is 11.1 Å². The maximum atomic E-state index is 14.1. The summed E-state index contributed by atoms with van der Waals surface area (Å²) in [5.74, 6) is -0.551. The highest BCUT2D eigenvalue weighted by molar-refractivity contribution is 9.10. The molecule has 0 unspecified atom stereocenters. The molecule has 6 heteroatoms. The standard InChI is InChI=1S/C18H16BrFN4/c1-11-13(8-12-6-7-23-18(21)17(12)20)9-22-10-16(11)24-15-4-2-14(19)3-5-15/h2-7,9-10,24H,8H2,1H3,(H2,21,23). The van der Waals surface area contributed by atoms with Gasteiger partial charge in [0.2, 0.25) is 0 Å². The lowest BCUT2D eigenvalue weighted by Gasteiger charge is -2.13. The molecule has 4 nitrogen and oxygen atoms in total. The minimum absolute atomic E-state index is 0.0812. The van der Waals surface area contributed by atoms with Crippen LogP contribution in [-0.4, -0.2) is 9.97 Å². The van der Waals surface area contributed by atoms with E-state index >= 15 is 0 Å². The number of nitrogens with zero attached hydrogens (tertiary/aromatic N) is 2. The lowest BCUT2D eigenvalue weighted by atomic mass is 10.0. The van der Waals surface area contributed by atoms with Gasteiger partial charge in [0.05, 0.1) is 11.9 Å². The van der Waals surface area contributed by atoms with E-state index in [9.17, 15) is 4.39 Å². The Kier molecular flexibility index (Phi) is 4.76. The fourth-order valence-electron chi connectivity index (χ4n) is 2.40. The Labute approximate surface area is 148 Å². The molecule has 0 radical (unpaired) electrons. The summed E-state index contributed by atoms with van der Waals surface area (Å²) in [5, 5.41) is 3.34. The Hall–Kier alpha value is -2.47. The summed E-state index contributed by atoms with van der Waals surface area (Å²) >= 11 is 3.42. The number of aromatic nitrogens is 2. The van der Waals surface area contributed by atoms with E-state index in [1.807, 2.05) is 31.2 Å². The largest absolute Gasteiger partial charge is 0.381 e. The van der Waals surface area contributed by atoms with Gasteiger partial charge < -0.3 is 11.1 Å². The van der Waals surface area contributed by atoms with Crippen molar-refractivity contribution in [2.45, 2.75) is 13.3 Å². The summed E-state index contributed by atoms with van der Waals surface area (Å²) in [6, 6.07) is 9.51. The molecule has 0 aliphatic heterocycles. The van der Waals surface area contributed by atoms with Crippen LogP contribution in [0.4, 0.5) is 21.6 Å². The van der Waals surface area contributed by atoms with E-state index in [0.717, 1.165) is 27.0 Å². The van der Waals surface area contributed by atoms with E-state index in [0.29, 0.717) is 12.0 Å². The van der Waals surface area contributed by atoms with Crippen LogP contribution >= 0.6 is 15.9 Å². The second-order valence-corrected chi connectivity index (χ2v) is 6.36. The molecule has 1 aromatic carbocycles. The first-order valence-corrected chi connectivity index (χ1v) is 8.19. The fraction of sp³-hybridized carbons (Fsp3) is 0.111. The third kappa shape index (κ3) is 3.54. The topological polar surface area (TPSA) is 63.8 Å². The van der Waals surface area contributed by atoms with Gasteiger partial charge in [-0.3, -0.25) is 4.98 Å². The van der Waals surface area contributed by atoms with Gasteiger partial charge >= 0.3 is 0 Å². The summed E-state index contributed by atoms with van der Waals surface area (Å²) in [5.41, 5.74) is 9.84. The minimum atomic E-state index is -0.469. The molecule has 3 N–H and O–H groups in total. The van der Waals surface area contributed by atoms with Gasteiger partial charge in [0.15, 0.2) is 11.6 Å². The maximum absolute atomic E-state index is 14.1. The molecule has 0 spiro atoms. The van der Waals surface area contributed by atoms with Crippen molar-refractivity contribution in [3.63, 3.8) is 0 Å². The van der Waals surface area contributed by atoms with Crippen molar-refractivity contribution in [1.29, 1.82) is 0 Å². The highest BCUT2D eigenvalue weighted by Crippen LogP contribution is 2.25. The molecule has 0 saturated carbocycles. The van der Waals surface area contributed by atoms with Gasteiger partial charge in [-0.1, -0.05) is 15.9 Å². The third-order valence-electron chi connectivity index (χ3n) is 3.82. The molecule has 0 saturated heterocycles. The highest BCUT2D eigenvalue weighted by atomic mass is 79.9. The van der Waals surface area contributed by atoms with Gasteiger partial charge in [-0.15, -0.1) is 0 Å². The van der Waals surface area contributed by atoms with Gasteiger partial charge in [0.25, 0.3) is 0 Å². The second kappa shape index (κ2) is 6.97. The molecular weight excluding hydrogens is 371 g/mol. The lowest BCUT2D eigenvalue weighted by molar-refractivity contribution is 0.613. The Bertz CT molecular complexity index is 865. The number of halogens is 2. The number of pyridine rings is 2. The van der Waals surface area contributed by atoms with Crippen LogP contribution in [0.15, 0.2) is 53.4 Å². The number of benzene rings is 1. The number of anilines is 3. The minimum Gasteiger partial charge on any atom is -0.381 e.